The molecule has 3 aromatic rings. The molecular weight excluding hydrogens is 330 g/mol. The van der Waals surface area contributed by atoms with E-state index >= 15 is 0 Å². The summed E-state index contributed by atoms with van der Waals surface area (Å²) in [5, 5.41) is 12.1. The molecule has 3 rings (SSSR count). The highest BCUT2D eigenvalue weighted by Gasteiger charge is 2.13. The SMILES string of the molecule is O=C(Nc1ccccc1Cl)c1cccc(-c2ccc(C(=O)O)o2)c1. The van der Waals surface area contributed by atoms with E-state index in [9.17, 15) is 9.59 Å². The maximum atomic E-state index is 12.4. The molecule has 0 bridgehead atoms. The smallest absolute Gasteiger partial charge is 0.371 e. The van der Waals surface area contributed by atoms with Gasteiger partial charge < -0.3 is 14.8 Å². The summed E-state index contributed by atoms with van der Waals surface area (Å²) >= 11 is 6.03. The molecule has 0 radical (unpaired) electrons. The van der Waals surface area contributed by atoms with Crippen molar-refractivity contribution < 1.29 is 19.1 Å². The molecule has 0 fully saturated rings. The van der Waals surface area contributed by atoms with Crippen molar-refractivity contribution in [2.45, 2.75) is 0 Å². The second kappa shape index (κ2) is 6.60. The lowest BCUT2D eigenvalue weighted by molar-refractivity contribution is 0.0663. The van der Waals surface area contributed by atoms with Crippen LogP contribution in [-0.4, -0.2) is 17.0 Å². The second-order valence-electron chi connectivity index (χ2n) is 4.98. The normalized spacial score (nSPS) is 10.4. The van der Waals surface area contributed by atoms with E-state index in [1.54, 1.807) is 54.6 Å². The summed E-state index contributed by atoms with van der Waals surface area (Å²) in [6.07, 6.45) is 0. The van der Waals surface area contributed by atoms with Crippen molar-refractivity contribution in [1.29, 1.82) is 0 Å². The van der Waals surface area contributed by atoms with E-state index in [1.807, 2.05) is 0 Å². The number of carbonyl (C=O) groups excluding carboxylic acids is 1. The Balaban J connectivity index is 1.85. The van der Waals surface area contributed by atoms with Crippen molar-refractivity contribution in [2.24, 2.45) is 0 Å². The van der Waals surface area contributed by atoms with Crippen molar-refractivity contribution in [1.82, 2.24) is 0 Å². The minimum Gasteiger partial charge on any atom is -0.475 e. The number of anilines is 1. The van der Waals surface area contributed by atoms with Crippen molar-refractivity contribution in [3.05, 3.63) is 77.0 Å². The molecule has 0 aliphatic carbocycles. The average Bonchev–Trinajstić information content (AvgIpc) is 3.07. The Morgan fingerprint density at radius 3 is 2.50 bits per heavy atom. The first-order valence-corrected chi connectivity index (χ1v) is 7.42. The highest BCUT2D eigenvalue weighted by Crippen LogP contribution is 2.25. The van der Waals surface area contributed by atoms with Gasteiger partial charge in [0.2, 0.25) is 5.76 Å². The molecule has 1 heterocycles. The summed E-state index contributed by atoms with van der Waals surface area (Å²) in [4.78, 5) is 23.3. The fourth-order valence-electron chi connectivity index (χ4n) is 2.18. The van der Waals surface area contributed by atoms with E-state index in [-0.39, 0.29) is 11.7 Å². The van der Waals surface area contributed by atoms with Crippen LogP contribution in [0.15, 0.2) is 65.1 Å². The number of para-hydroxylation sites is 1. The summed E-state index contributed by atoms with van der Waals surface area (Å²) in [7, 11) is 0. The number of hydrogen-bond donors (Lipinski definition) is 2. The van der Waals surface area contributed by atoms with Crippen LogP contribution in [-0.2, 0) is 0 Å². The standard InChI is InChI=1S/C18H12ClNO4/c19-13-6-1-2-7-14(13)20-17(21)12-5-3-4-11(10-12)15-8-9-16(24-15)18(22)23/h1-10H,(H,20,21)(H,22,23). The van der Waals surface area contributed by atoms with Crippen LogP contribution in [0.3, 0.4) is 0 Å². The molecule has 1 aromatic heterocycles. The number of amides is 1. The van der Waals surface area contributed by atoms with Gasteiger partial charge in [-0.1, -0.05) is 35.9 Å². The fourth-order valence-corrected chi connectivity index (χ4v) is 2.36. The van der Waals surface area contributed by atoms with E-state index in [4.69, 9.17) is 21.1 Å². The molecule has 2 N–H and O–H groups in total. The molecular formula is C18H12ClNO4. The van der Waals surface area contributed by atoms with E-state index in [2.05, 4.69) is 5.32 Å². The first kappa shape index (κ1) is 15.8. The Morgan fingerprint density at radius 1 is 1.00 bits per heavy atom. The Bertz CT molecular complexity index is 917. The number of nitrogens with one attached hydrogen (secondary N) is 1. The number of furan rings is 1. The van der Waals surface area contributed by atoms with Gasteiger partial charge in [-0.25, -0.2) is 4.79 Å². The van der Waals surface area contributed by atoms with Crippen LogP contribution in [0.2, 0.25) is 5.02 Å². The van der Waals surface area contributed by atoms with Gasteiger partial charge in [0.25, 0.3) is 5.91 Å². The fraction of sp³-hybridized carbons (Fsp3) is 0. The van der Waals surface area contributed by atoms with Gasteiger partial charge in [-0.3, -0.25) is 4.79 Å². The number of hydrogen-bond acceptors (Lipinski definition) is 3. The molecule has 1 amide bonds. The van der Waals surface area contributed by atoms with Crippen LogP contribution in [0.1, 0.15) is 20.9 Å². The molecule has 0 saturated carbocycles. The van der Waals surface area contributed by atoms with E-state index < -0.39 is 5.97 Å². The van der Waals surface area contributed by atoms with Gasteiger partial charge >= 0.3 is 5.97 Å². The van der Waals surface area contributed by atoms with Gasteiger partial charge in [0.15, 0.2) is 0 Å². The van der Waals surface area contributed by atoms with Crippen LogP contribution >= 0.6 is 11.6 Å². The molecule has 0 saturated heterocycles. The maximum absolute atomic E-state index is 12.4. The lowest BCUT2D eigenvalue weighted by Crippen LogP contribution is -2.12. The lowest BCUT2D eigenvalue weighted by atomic mass is 10.1. The molecule has 6 heteroatoms. The van der Waals surface area contributed by atoms with Gasteiger partial charge in [-0.2, -0.15) is 0 Å². The molecule has 0 spiro atoms. The van der Waals surface area contributed by atoms with Gasteiger partial charge in [-0.15, -0.1) is 0 Å². The highest BCUT2D eigenvalue weighted by atomic mass is 35.5. The number of carboxylic acids is 1. The zero-order chi connectivity index (χ0) is 17.1. The zero-order valence-electron chi connectivity index (χ0n) is 12.3. The summed E-state index contributed by atoms with van der Waals surface area (Å²) in [5.41, 5.74) is 1.52. The predicted molar refractivity (Wildman–Crippen MR) is 90.5 cm³/mol. The van der Waals surface area contributed by atoms with Gasteiger partial charge in [-0.05, 0) is 36.4 Å². The predicted octanol–water partition coefficient (Wildman–Crippen LogP) is 4.55. The van der Waals surface area contributed by atoms with Crippen molar-refractivity contribution in [3.8, 4) is 11.3 Å². The molecule has 0 atom stereocenters. The molecule has 2 aromatic carbocycles. The number of halogens is 1. The Kier molecular flexibility index (Phi) is 4.35. The van der Waals surface area contributed by atoms with Crippen LogP contribution in [0.25, 0.3) is 11.3 Å². The third-order valence-electron chi connectivity index (χ3n) is 3.35. The summed E-state index contributed by atoms with van der Waals surface area (Å²) in [6, 6.07) is 16.6. The molecule has 120 valence electrons. The van der Waals surface area contributed by atoms with Crippen molar-refractivity contribution in [2.75, 3.05) is 5.32 Å². The number of rotatable bonds is 4. The van der Waals surface area contributed by atoms with Crippen LogP contribution in [0.4, 0.5) is 5.69 Å². The van der Waals surface area contributed by atoms with E-state index in [0.717, 1.165) is 0 Å². The largest absolute Gasteiger partial charge is 0.475 e. The first-order chi connectivity index (χ1) is 11.5. The second-order valence-corrected chi connectivity index (χ2v) is 5.39. The average molecular weight is 342 g/mol. The minimum absolute atomic E-state index is 0.157. The summed E-state index contributed by atoms with van der Waals surface area (Å²) in [5.74, 6) is -1.25. The summed E-state index contributed by atoms with van der Waals surface area (Å²) < 4.78 is 5.25. The number of carboxylic acid groups (broad SMARTS) is 1. The van der Waals surface area contributed by atoms with E-state index in [0.29, 0.717) is 27.6 Å². The van der Waals surface area contributed by atoms with Crippen molar-refractivity contribution in [3.63, 3.8) is 0 Å². The lowest BCUT2D eigenvalue weighted by Gasteiger charge is -2.07. The number of benzene rings is 2. The van der Waals surface area contributed by atoms with Crippen molar-refractivity contribution >= 4 is 29.2 Å². The Labute approximate surface area is 142 Å². The van der Waals surface area contributed by atoms with Gasteiger partial charge in [0.1, 0.15) is 5.76 Å². The topological polar surface area (TPSA) is 79.5 Å². The molecule has 5 nitrogen and oxygen atoms in total. The summed E-state index contributed by atoms with van der Waals surface area (Å²) in [6.45, 7) is 0. The third kappa shape index (κ3) is 3.31. The number of carbonyl (C=O) groups is 2. The monoisotopic (exact) mass is 341 g/mol. The molecule has 0 unspecified atom stereocenters. The van der Waals surface area contributed by atoms with Gasteiger partial charge in [0.05, 0.1) is 10.7 Å². The van der Waals surface area contributed by atoms with Crippen LogP contribution < -0.4 is 5.32 Å². The quantitative estimate of drug-likeness (QED) is 0.729. The number of aromatic carboxylic acids is 1. The zero-order valence-corrected chi connectivity index (χ0v) is 13.1. The Hall–Kier alpha value is -3.05. The minimum atomic E-state index is -1.14. The molecule has 0 aliphatic rings. The Morgan fingerprint density at radius 2 is 1.79 bits per heavy atom. The third-order valence-corrected chi connectivity index (χ3v) is 3.68. The van der Waals surface area contributed by atoms with Gasteiger partial charge in [0, 0.05) is 11.1 Å². The first-order valence-electron chi connectivity index (χ1n) is 7.04. The van der Waals surface area contributed by atoms with Crippen LogP contribution in [0, 0.1) is 0 Å². The maximum Gasteiger partial charge on any atom is 0.371 e. The van der Waals surface area contributed by atoms with E-state index in [1.165, 1.54) is 6.07 Å². The molecule has 0 aliphatic heterocycles. The van der Waals surface area contributed by atoms with Crippen LogP contribution in [0.5, 0.6) is 0 Å². The molecule has 24 heavy (non-hydrogen) atoms. The highest BCUT2D eigenvalue weighted by molar-refractivity contribution is 6.33.